The zero-order valence-corrected chi connectivity index (χ0v) is 42.8. The normalized spacial score (nSPS) is 16.8. The van der Waals surface area contributed by atoms with Gasteiger partial charge in [0.05, 0.1) is 38.9 Å². The number of β-amino-alcohol motifs (C(OH)–C–C–N with tert-alkyl or cyclic N) is 1. The number of rotatable bonds is 20. The Morgan fingerprint density at radius 2 is 1.82 bits per heavy atom. The fourth-order valence-electron chi connectivity index (χ4n) is 9.05. The first-order chi connectivity index (χ1) is 34.7. The highest BCUT2D eigenvalue weighted by atomic mass is 35.5. The number of thiazole rings is 1. The predicted molar refractivity (Wildman–Crippen MR) is 277 cm³/mol. The van der Waals surface area contributed by atoms with E-state index in [-0.39, 0.29) is 49.4 Å². The van der Waals surface area contributed by atoms with Crippen LogP contribution < -0.4 is 20.7 Å². The number of amides is 3. The summed E-state index contributed by atoms with van der Waals surface area (Å²) in [5.74, 6) is -0.360. The summed E-state index contributed by atoms with van der Waals surface area (Å²) in [6, 6.07) is 14.4. The summed E-state index contributed by atoms with van der Waals surface area (Å²) in [4.78, 5) is 59.4. The first-order valence-electron chi connectivity index (χ1n) is 24.6. The number of anilines is 2. The van der Waals surface area contributed by atoms with Gasteiger partial charge in [-0.1, -0.05) is 80.4 Å². The smallest absolute Gasteiger partial charge is 0.246 e. The fourth-order valence-corrected chi connectivity index (χ4v) is 10.0. The monoisotopic (exact) mass is 1020 g/mol. The summed E-state index contributed by atoms with van der Waals surface area (Å²) in [6.07, 6.45) is 12.5. The first-order valence-corrected chi connectivity index (χ1v) is 25.9. The molecule has 3 amide bonds. The number of hydrogen-bond donors (Lipinski definition) is 4. The average molecular weight is 1020 g/mol. The van der Waals surface area contributed by atoms with E-state index in [0.29, 0.717) is 54.3 Å². The Morgan fingerprint density at radius 3 is 2.57 bits per heavy atom. The van der Waals surface area contributed by atoms with Gasteiger partial charge in [-0.2, -0.15) is 0 Å². The van der Waals surface area contributed by atoms with Crippen molar-refractivity contribution in [3.8, 4) is 16.2 Å². The quantitative estimate of drug-likeness (QED) is 0.0423. The van der Waals surface area contributed by atoms with Crippen molar-refractivity contribution in [2.45, 2.75) is 117 Å². The van der Waals surface area contributed by atoms with E-state index in [9.17, 15) is 23.9 Å². The summed E-state index contributed by atoms with van der Waals surface area (Å²) in [5, 5.41) is 29.3. The fraction of sp³-hybridized carbons (Fsp3) is 0.434. The van der Waals surface area contributed by atoms with Crippen LogP contribution in [-0.2, 0) is 40.5 Å². The van der Waals surface area contributed by atoms with E-state index < -0.39 is 35.3 Å². The minimum Gasteiger partial charge on any atom is -0.487 e. The molecular weight excluding hydrogens is 957 g/mol. The van der Waals surface area contributed by atoms with Gasteiger partial charge < -0.3 is 30.7 Å². The van der Waals surface area contributed by atoms with E-state index in [2.05, 4.69) is 58.3 Å². The van der Waals surface area contributed by atoms with Crippen molar-refractivity contribution in [2.24, 2.45) is 5.41 Å². The van der Waals surface area contributed by atoms with Crippen LogP contribution in [0.4, 0.5) is 15.9 Å². The molecule has 2 aliphatic rings. The van der Waals surface area contributed by atoms with E-state index >= 15 is 0 Å². The van der Waals surface area contributed by atoms with Crippen LogP contribution in [0.15, 0.2) is 84.8 Å². The molecule has 3 aromatic carbocycles. The number of ether oxygens (including phenoxy) is 1. The van der Waals surface area contributed by atoms with Crippen LogP contribution in [0.3, 0.4) is 0 Å². The molecule has 0 spiro atoms. The van der Waals surface area contributed by atoms with Gasteiger partial charge in [-0.05, 0) is 98.5 Å². The number of aliphatic hydroxyl groups is 1. The van der Waals surface area contributed by atoms with E-state index in [1.807, 2.05) is 75.8 Å². The number of nitrogens with one attached hydrogen (secondary N) is 3. The highest BCUT2D eigenvalue weighted by Crippen LogP contribution is 2.33. The lowest BCUT2D eigenvalue weighted by Gasteiger charge is -2.35. The molecule has 0 radical (unpaired) electrons. The van der Waals surface area contributed by atoms with Gasteiger partial charge in [0, 0.05) is 56.2 Å². The van der Waals surface area contributed by atoms with Crippen molar-refractivity contribution in [3.05, 3.63) is 118 Å². The second-order valence-electron chi connectivity index (χ2n) is 19.7. The number of benzene rings is 3. The molecule has 6 aromatic rings. The zero-order chi connectivity index (χ0) is 50.8. The Morgan fingerprint density at radius 1 is 1.01 bits per heavy atom. The number of piperidine rings is 1. The Labute approximate surface area is 428 Å². The third-order valence-corrected chi connectivity index (χ3v) is 14.3. The maximum absolute atomic E-state index is 14.1. The molecule has 3 aromatic heterocycles. The number of allylic oxidation sites excluding steroid dienone is 1. The Hall–Kier alpha value is -6.34. The first kappa shape index (κ1) is 52.0. The number of likely N-dealkylation sites (tertiary alicyclic amines) is 2. The number of aryl methyl sites for hydroxylation is 2. The number of carbonyl (C=O) groups excluding carboxylic acids is 3. The third-order valence-electron chi connectivity index (χ3n) is 13.0. The molecule has 2 saturated heterocycles. The van der Waals surface area contributed by atoms with Crippen molar-refractivity contribution in [1.82, 2.24) is 50.4 Å². The molecule has 0 aliphatic carbocycles. The number of fused-ring (bicyclic) bond motifs is 1. The molecular formula is C53H63ClFN11O5S. The van der Waals surface area contributed by atoms with Crippen LogP contribution in [0, 0.1) is 18.2 Å². The minimum absolute atomic E-state index is 0.00317. The van der Waals surface area contributed by atoms with E-state index in [1.165, 1.54) is 42.6 Å². The van der Waals surface area contributed by atoms with Gasteiger partial charge >= 0.3 is 0 Å². The second-order valence-corrected chi connectivity index (χ2v) is 20.9. The largest absolute Gasteiger partial charge is 0.487 e. The molecule has 8 rings (SSSR count). The van der Waals surface area contributed by atoms with Gasteiger partial charge in [-0.25, -0.2) is 19.3 Å². The standard InChI is InChI=1S/C53H63ClFN11O5S/c1-34-48(72-33-59-34)36-16-14-35(15-17-36)28-56-51(69)45-26-40(67)30-66(45)52(70)49(53(2,3)4)61-47(68)13-7-11-23-65-29-39(62-63-65)31-71-46-27-44-41(24-37(46)12-6-10-22-64-20-8-5-9-21-64)50(58-32-57-44)60-38-18-19-43(55)42(54)25-38/h6,10,14-19,24-25,27,29,32-33,40,45,49,67H,5,7-9,11-13,20-23,26,28,30-31H2,1-4H3,(H,56,69)(H,61,68)(H,57,58,60)/b10-6+/t40-,45+,49-/m1/s1. The van der Waals surface area contributed by atoms with Gasteiger partial charge in [0.15, 0.2) is 0 Å². The van der Waals surface area contributed by atoms with Crippen LogP contribution in [-0.4, -0.2) is 107 Å². The van der Waals surface area contributed by atoms with Crippen LogP contribution in [0.2, 0.25) is 5.02 Å². The Balaban J connectivity index is 0.835. The number of aliphatic hydroxyl groups excluding tert-OH is 1. The van der Waals surface area contributed by atoms with Crippen molar-refractivity contribution >= 4 is 63.1 Å². The predicted octanol–water partition coefficient (Wildman–Crippen LogP) is 8.33. The third kappa shape index (κ3) is 13.6. The van der Waals surface area contributed by atoms with Gasteiger partial charge in [0.1, 0.15) is 48.1 Å². The van der Waals surface area contributed by atoms with Crippen molar-refractivity contribution in [1.29, 1.82) is 0 Å². The van der Waals surface area contributed by atoms with Crippen LogP contribution >= 0.6 is 22.9 Å². The van der Waals surface area contributed by atoms with Gasteiger partial charge in [0.25, 0.3) is 0 Å². The Kier molecular flexibility index (Phi) is 17.3. The van der Waals surface area contributed by atoms with Gasteiger partial charge in [-0.15, -0.1) is 16.4 Å². The summed E-state index contributed by atoms with van der Waals surface area (Å²) in [5.41, 5.74) is 6.85. The van der Waals surface area contributed by atoms with Gasteiger partial charge in [-0.3, -0.25) is 24.0 Å². The molecule has 4 N–H and O–H groups in total. The molecule has 2 aliphatic heterocycles. The number of hydrogen-bond acceptors (Lipinski definition) is 13. The summed E-state index contributed by atoms with van der Waals surface area (Å²) >= 11 is 7.65. The molecule has 0 saturated carbocycles. The maximum Gasteiger partial charge on any atom is 0.246 e. The maximum atomic E-state index is 14.1. The second kappa shape index (κ2) is 23.9. The lowest BCUT2D eigenvalue weighted by atomic mass is 9.85. The molecule has 2 fully saturated rings. The Bertz CT molecular complexity index is 2860. The molecule has 380 valence electrons. The van der Waals surface area contributed by atoms with Crippen LogP contribution in [0.25, 0.3) is 21.3 Å². The molecule has 19 heteroatoms. The summed E-state index contributed by atoms with van der Waals surface area (Å²) in [7, 11) is 0. The average Bonchev–Trinajstić information content (AvgIpc) is 4.13. The summed E-state index contributed by atoms with van der Waals surface area (Å²) < 4.78 is 22.1. The SMILES string of the molecule is Cc1ncsc1-c1ccc(CNC(=O)[C@@H]2C[C@@H](O)CN2C(=O)[C@@H](NC(=O)CCCCn2cc(COc3cc4ncnc(Nc5ccc(F)c(Cl)c5)c4cc3C/C=C/CN3CCCCC3)nn2)C(C)(C)C)cc1. The van der Waals surface area contributed by atoms with Crippen molar-refractivity contribution in [2.75, 3.05) is 31.5 Å². The van der Waals surface area contributed by atoms with E-state index in [0.717, 1.165) is 52.3 Å². The minimum atomic E-state index is -0.919. The van der Waals surface area contributed by atoms with Gasteiger partial charge in [0.2, 0.25) is 17.7 Å². The molecule has 0 bridgehead atoms. The topological polar surface area (TPSA) is 193 Å². The highest BCUT2D eigenvalue weighted by Gasteiger charge is 2.44. The number of aromatic nitrogens is 6. The van der Waals surface area contributed by atoms with E-state index in [1.54, 1.807) is 22.1 Å². The van der Waals surface area contributed by atoms with Crippen LogP contribution in [0.1, 0.15) is 88.2 Å². The lowest BCUT2D eigenvalue weighted by Crippen LogP contribution is -2.57. The zero-order valence-electron chi connectivity index (χ0n) is 41.2. The number of carbonyl (C=O) groups is 3. The van der Waals surface area contributed by atoms with E-state index in [4.69, 9.17) is 16.3 Å². The summed E-state index contributed by atoms with van der Waals surface area (Å²) in [6.45, 7) is 11.6. The molecule has 3 atom stereocenters. The van der Waals surface area contributed by atoms with Crippen molar-refractivity contribution < 1.29 is 28.6 Å². The van der Waals surface area contributed by atoms with Crippen LogP contribution in [0.5, 0.6) is 5.75 Å². The highest BCUT2D eigenvalue weighted by molar-refractivity contribution is 7.13. The molecule has 16 nitrogen and oxygen atoms in total. The number of unbranched alkanes of at least 4 members (excludes halogenated alkanes) is 1. The molecule has 5 heterocycles. The molecule has 72 heavy (non-hydrogen) atoms. The molecule has 0 unspecified atom stereocenters. The van der Waals surface area contributed by atoms with Crippen molar-refractivity contribution in [3.63, 3.8) is 0 Å². The number of nitrogens with zero attached hydrogens (tertiary/aromatic N) is 8. The lowest BCUT2D eigenvalue weighted by molar-refractivity contribution is -0.144. The number of halogens is 2.